The fourth-order valence-electron chi connectivity index (χ4n) is 2.77. The minimum absolute atomic E-state index is 0.278. The molecule has 4 heteroatoms. The second-order valence-electron chi connectivity index (χ2n) is 5.71. The molecule has 21 heavy (non-hydrogen) atoms. The van der Waals surface area contributed by atoms with Gasteiger partial charge in [0, 0.05) is 12.6 Å². The third-order valence-electron chi connectivity index (χ3n) is 4.00. The molecular weight excluding hydrogens is 266 g/mol. The van der Waals surface area contributed by atoms with Crippen molar-refractivity contribution in [2.75, 3.05) is 20.3 Å². The maximum absolute atomic E-state index is 10.0. The lowest BCUT2D eigenvalue weighted by Gasteiger charge is -2.19. The molecule has 0 aliphatic heterocycles. The van der Waals surface area contributed by atoms with Gasteiger partial charge in [-0.25, -0.2) is 0 Å². The van der Waals surface area contributed by atoms with Crippen LogP contribution in [0.5, 0.6) is 11.5 Å². The zero-order valence-corrected chi connectivity index (χ0v) is 12.9. The highest BCUT2D eigenvalue weighted by atomic mass is 16.5. The molecule has 1 aliphatic rings. The van der Waals surface area contributed by atoms with Gasteiger partial charge in [0.15, 0.2) is 11.5 Å². The van der Waals surface area contributed by atoms with Crippen molar-refractivity contribution < 1.29 is 14.6 Å². The number of aliphatic hydroxyl groups is 1. The number of aliphatic hydroxyl groups excluding tert-OH is 1. The third-order valence-corrected chi connectivity index (χ3v) is 4.00. The maximum Gasteiger partial charge on any atom is 0.161 e. The molecule has 1 saturated carbocycles. The van der Waals surface area contributed by atoms with Crippen LogP contribution in [0.1, 0.15) is 38.5 Å². The number of methoxy groups -OCH3 is 1. The fraction of sp³-hybridized carbons (Fsp3) is 0.647. The molecule has 2 N–H and O–H groups in total. The number of ether oxygens (including phenoxy) is 2. The van der Waals surface area contributed by atoms with Crippen LogP contribution in [0.4, 0.5) is 0 Å². The summed E-state index contributed by atoms with van der Waals surface area (Å²) in [5.41, 5.74) is 0. The number of hydrogen-bond donors (Lipinski definition) is 2. The first-order valence-electron chi connectivity index (χ1n) is 7.97. The van der Waals surface area contributed by atoms with Crippen molar-refractivity contribution in [2.45, 2.75) is 50.7 Å². The summed E-state index contributed by atoms with van der Waals surface area (Å²) in [5, 5.41) is 13.5. The molecule has 118 valence electrons. The number of benzene rings is 1. The molecule has 0 radical (unpaired) electrons. The molecule has 4 nitrogen and oxygen atoms in total. The molecule has 0 amide bonds. The van der Waals surface area contributed by atoms with Gasteiger partial charge < -0.3 is 19.9 Å². The quantitative estimate of drug-likeness (QED) is 0.759. The fourth-order valence-corrected chi connectivity index (χ4v) is 2.77. The van der Waals surface area contributed by atoms with Gasteiger partial charge in [-0.2, -0.15) is 0 Å². The van der Waals surface area contributed by atoms with Crippen LogP contribution in [0, 0.1) is 0 Å². The Balaban J connectivity index is 1.70. The normalized spacial score (nSPS) is 18.0. The minimum atomic E-state index is -0.502. The van der Waals surface area contributed by atoms with Gasteiger partial charge in [0.2, 0.25) is 0 Å². The van der Waals surface area contributed by atoms with Gasteiger partial charge in [-0.15, -0.1) is 0 Å². The Morgan fingerprint density at radius 1 is 1.14 bits per heavy atom. The Morgan fingerprint density at radius 3 is 2.48 bits per heavy atom. The Bertz CT molecular complexity index is 403. The van der Waals surface area contributed by atoms with E-state index in [1.807, 2.05) is 24.3 Å². The first kappa shape index (κ1) is 16.1. The van der Waals surface area contributed by atoms with E-state index in [2.05, 4.69) is 5.32 Å². The number of nitrogens with one attached hydrogen (secondary N) is 1. The minimum Gasteiger partial charge on any atom is -0.493 e. The van der Waals surface area contributed by atoms with Crippen LogP contribution in [0.25, 0.3) is 0 Å². The summed E-state index contributed by atoms with van der Waals surface area (Å²) in [5.74, 6) is 1.37. The Labute approximate surface area is 127 Å². The van der Waals surface area contributed by atoms with E-state index in [1.165, 1.54) is 38.5 Å². The van der Waals surface area contributed by atoms with E-state index in [1.54, 1.807) is 7.11 Å². The zero-order valence-electron chi connectivity index (χ0n) is 12.9. The average molecular weight is 293 g/mol. The monoisotopic (exact) mass is 293 g/mol. The summed E-state index contributed by atoms with van der Waals surface area (Å²) >= 11 is 0. The smallest absolute Gasteiger partial charge is 0.161 e. The van der Waals surface area contributed by atoms with E-state index in [0.717, 1.165) is 0 Å². The van der Waals surface area contributed by atoms with Crippen LogP contribution >= 0.6 is 0 Å². The van der Waals surface area contributed by atoms with E-state index in [4.69, 9.17) is 9.47 Å². The molecule has 1 aliphatic carbocycles. The van der Waals surface area contributed by atoms with Crippen LogP contribution in [0.3, 0.4) is 0 Å². The lowest BCUT2D eigenvalue weighted by Crippen LogP contribution is -2.37. The topological polar surface area (TPSA) is 50.7 Å². The molecule has 0 saturated heterocycles. The van der Waals surface area contributed by atoms with Gasteiger partial charge in [-0.1, -0.05) is 37.8 Å². The number of para-hydroxylation sites is 2. The van der Waals surface area contributed by atoms with Crippen molar-refractivity contribution >= 4 is 0 Å². The highest BCUT2D eigenvalue weighted by Gasteiger charge is 2.14. The van der Waals surface area contributed by atoms with Crippen LogP contribution in [-0.2, 0) is 0 Å². The van der Waals surface area contributed by atoms with Gasteiger partial charge >= 0.3 is 0 Å². The van der Waals surface area contributed by atoms with Crippen LogP contribution in [0.2, 0.25) is 0 Å². The SMILES string of the molecule is COc1ccccc1OCC(O)CNC1CCCCCC1. The van der Waals surface area contributed by atoms with Gasteiger partial charge in [-0.05, 0) is 25.0 Å². The lowest BCUT2D eigenvalue weighted by atomic mass is 10.1. The van der Waals surface area contributed by atoms with E-state index < -0.39 is 6.10 Å². The Morgan fingerprint density at radius 2 is 1.81 bits per heavy atom. The van der Waals surface area contributed by atoms with Gasteiger partial charge in [0.05, 0.1) is 7.11 Å². The molecule has 0 heterocycles. The molecule has 1 atom stereocenters. The molecule has 0 aromatic heterocycles. The lowest BCUT2D eigenvalue weighted by molar-refractivity contribution is 0.101. The van der Waals surface area contributed by atoms with E-state index in [-0.39, 0.29) is 6.61 Å². The van der Waals surface area contributed by atoms with Crippen molar-refractivity contribution in [3.8, 4) is 11.5 Å². The van der Waals surface area contributed by atoms with Crippen molar-refractivity contribution in [3.05, 3.63) is 24.3 Å². The molecule has 1 aromatic rings. The average Bonchev–Trinajstić information content (AvgIpc) is 2.80. The van der Waals surface area contributed by atoms with Gasteiger partial charge in [-0.3, -0.25) is 0 Å². The van der Waals surface area contributed by atoms with E-state index in [9.17, 15) is 5.11 Å². The summed E-state index contributed by atoms with van der Waals surface area (Å²) in [4.78, 5) is 0. The molecule has 1 unspecified atom stereocenters. The predicted octanol–water partition coefficient (Wildman–Crippen LogP) is 2.75. The highest BCUT2D eigenvalue weighted by Crippen LogP contribution is 2.25. The zero-order chi connectivity index (χ0) is 14.9. The second kappa shape index (κ2) is 8.90. The highest BCUT2D eigenvalue weighted by molar-refractivity contribution is 5.39. The standard InChI is InChI=1S/C17H27NO3/c1-20-16-10-6-7-11-17(16)21-13-15(19)12-18-14-8-4-2-3-5-9-14/h6-7,10-11,14-15,18-19H,2-5,8-9,12-13H2,1H3. The summed E-state index contributed by atoms with van der Waals surface area (Å²) in [6, 6.07) is 8.05. The third kappa shape index (κ3) is 5.56. The van der Waals surface area contributed by atoms with Crippen LogP contribution in [0.15, 0.2) is 24.3 Å². The van der Waals surface area contributed by atoms with Crippen molar-refractivity contribution in [1.82, 2.24) is 5.32 Å². The second-order valence-corrected chi connectivity index (χ2v) is 5.71. The molecule has 1 fully saturated rings. The molecule has 0 bridgehead atoms. The summed E-state index contributed by atoms with van der Waals surface area (Å²) in [6.07, 6.45) is 7.23. The molecular formula is C17H27NO3. The van der Waals surface area contributed by atoms with Crippen molar-refractivity contribution in [1.29, 1.82) is 0 Å². The molecule has 0 spiro atoms. The van der Waals surface area contributed by atoms with Crippen LogP contribution in [-0.4, -0.2) is 37.5 Å². The summed E-state index contributed by atoms with van der Waals surface area (Å²) < 4.78 is 10.9. The van der Waals surface area contributed by atoms with Crippen LogP contribution < -0.4 is 14.8 Å². The van der Waals surface area contributed by atoms with Gasteiger partial charge in [0.25, 0.3) is 0 Å². The summed E-state index contributed by atoms with van der Waals surface area (Å²) in [6.45, 7) is 0.861. The van der Waals surface area contributed by atoms with Crippen molar-refractivity contribution in [2.24, 2.45) is 0 Å². The van der Waals surface area contributed by atoms with E-state index >= 15 is 0 Å². The Hall–Kier alpha value is -1.26. The molecule has 2 rings (SSSR count). The Kier molecular flexibility index (Phi) is 6.83. The molecule has 1 aromatic carbocycles. The number of rotatable bonds is 7. The maximum atomic E-state index is 10.0. The van der Waals surface area contributed by atoms with Gasteiger partial charge in [0.1, 0.15) is 12.7 Å². The first-order chi connectivity index (χ1) is 10.3. The largest absolute Gasteiger partial charge is 0.493 e. The first-order valence-corrected chi connectivity index (χ1v) is 7.97. The van der Waals surface area contributed by atoms with Crippen molar-refractivity contribution in [3.63, 3.8) is 0 Å². The summed E-state index contributed by atoms with van der Waals surface area (Å²) in [7, 11) is 1.62. The predicted molar refractivity (Wildman–Crippen MR) is 84.0 cm³/mol. The number of hydrogen-bond acceptors (Lipinski definition) is 4. The van der Waals surface area contributed by atoms with E-state index in [0.29, 0.717) is 24.1 Å².